The van der Waals surface area contributed by atoms with E-state index in [2.05, 4.69) is 25.6 Å². The summed E-state index contributed by atoms with van der Waals surface area (Å²) in [7, 11) is 0. The van der Waals surface area contributed by atoms with Crippen LogP contribution in [0.2, 0.25) is 0 Å². The summed E-state index contributed by atoms with van der Waals surface area (Å²) in [5, 5.41) is 0. The van der Waals surface area contributed by atoms with E-state index in [1.165, 1.54) is 30.5 Å². The second kappa shape index (κ2) is 5.20. The topological polar surface area (TPSA) is 12.9 Å². The van der Waals surface area contributed by atoms with Gasteiger partial charge in [0.2, 0.25) is 0 Å². The Morgan fingerprint density at radius 3 is 2.50 bits per heavy atom. The molecule has 3 rings (SSSR count). The van der Waals surface area contributed by atoms with E-state index in [0.717, 1.165) is 28.9 Å². The van der Waals surface area contributed by atoms with Crippen LogP contribution in [0.15, 0.2) is 43.0 Å². The molecule has 1 nitrogen and oxygen atoms in total. The second-order valence-corrected chi connectivity index (χ2v) is 5.37. The molecular formula is C18H18FN. The summed E-state index contributed by atoms with van der Waals surface area (Å²) in [6, 6.07) is 10.8. The highest BCUT2D eigenvalue weighted by molar-refractivity contribution is 5.69. The summed E-state index contributed by atoms with van der Waals surface area (Å²) in [5.41, 5.74) is 5.23. The first-order valence-electron chi connectivity index (χ1n) is 7.14. The van der Waals surface area contributed by atoms with Crippen LogP contribution in [0.5, 0.6) is 0 Å². The molecule has 1 heterocycles. The average Bonchev–Trinajstić information content (AvgIpc) is 3.31. The standard InChI is InChI=1S/C18H18FN/c1-3-12(2)17-11-10-16(13-4-5-13)18(20-17)14-6-8-15(19)9-7-14/h6-11,13H,2-5H2,1H3. The third-order valence-corrected chi connectivity index (χ3v) is 3.85. The first-order valence-corrected chi connectivity index (χ1v) is 7.14. The minimum Gasteiger partial charge on any atom is -0.248 e. The molecule has 0 saturated heterocycles. The summed E-state index contributed by atoms with van der Waals surface area (Å²) in [4.78, 5) is 4.78. The van der Waals surface area contributed by atoms with Gasteiger partial charge in [-0.15, -0.1) is 0 Å². The minimum atomic E-state index is -0.212. The number of benzene rings is 1. The molecular weight excluding hydrogens is 249 g/mol. The number of halogens is 1. The van der Waals surface area contributed by atoms with Gasteiger partial charge in [0.05, 0.1) is 11.4 Å². The molecule has 0 atom stereocenters. The van der Waals surface area contributed by atoms with Gasteiger partial charge in [-0.1, -0.05) is 19.6 Å². The summed E-state index contributed by atoms with van der Waals surface area (Å²) < 4.78 is 13.1. The molecule has 0 unspecified atom stereocenters. The van der Waals surface area contributed by atoms with Crippen molar-refractivity contribution < 1.29 is 4.39 Å². The first-order chi connectivity index (χ1) is 9.69. The van der Waals surface area contributed by atoms with Gasteiger partial charge < -0.3 is 0 Å². The van der Waals surface area contributed by atoms with Crippen LogP contribution in [0, 0.1) is 5.82 Å². The highest BCUT2D eigenvalue weighted by atomic mass is 19.1. The molecule has 1 aliphatic rings. The first kappa shape index (κ1) is 13.0. The van der Waals surface area contributed by atoms with Gasteiger partial charge in [0.1, 0.15) is 5.82 Å². The molecule has 1 aromatic carbocycles. The predicted octanol–water partition coefficient (Wildman–Crippen LogP) is 5.19. The number of nitrogens with zero attached hydrogens (tertiary/aromatic N) is 1. The maximum Gasteiger partial charge on any atom is 0.123 e. The van der Waals surface area contributed by atoms with E-state index in [1.54, 1.807) is 0 Å². The van der Waals surface area contributed by atoms with Gasteiger partial charge in [-0.05, 0) is 66.6 Å². The third kappa shape index (κ3) is 2.51. The molecule has 0 spiro atoms. The fraction of sp³-hybridized carbons (Fsp3) is 0.278. The number of hydrogen-bond acceptors (Lipinski definition) is 1. The van der Waals surface area contributed by atoms with Gasteiger partial charge in [0.15, 0.2) is 0 Å². The Bertz CT molecular complexity index is 639. The van der Waals surface area contributed by atoms with E-state index in [4.69, 9.17) is 4.98 Å². The molecule has 2 aromatic rings. The lowest BCUT2D eigenvalue weighted by atomic mass is 10.00. The molecule has 20 heavy (non-hydrogen) atoms. The zero-order valence-corrected chi connectivity index (χ0v) is 11.7. The molecule has 1 saturated carbocycles. The molecule has 102 valence electrons. The van der Waals surface area contributed by atoms with Gasteiger partial charge in [0.25, 0.3) is 0 Å². The van der Waals surface area contributed by atoms with Crippen LogP contribution in [-0.2, 0) is 0 Å². The van der Waals surface area contributed by atoms with E-state index < -0.39 is 0 Å². The van der Waals surface area contributed by atoms with Crippen molar-refractivity contribution in [2.45, 2.75) is 32.1 Å². The van der Waals surface area contributed by atoms with Gasteiger partial charge >= 0.3 is 0 Å². The molecule has 0 amide bonds. The lowest BCUT2D eigenvalue weighted by Gasteiger charge is -2.11. The van der Waals surface area contributed by atoms with Crippen molar-refractivity contribution in [1.82, 2.24) is 4.98 Å². The van der Waals surface area contributed by atoms with E-state index in [0.29, 0.717) is 5.92 Å². The zero-order valence-electron chi connectivity index (χ0n) is 11.7. The molecule has 1 fully saturated rings. The molecule has 0 aliphatic heterocycles. The van der Waals surface area contributed by atoms with E-state index in [1.807, 2.05) is 12.1 Å². The second-order valence-electron chi connectivity index (χ2n) is 5.37. The van der Waals surface area contributed by atoms with Crippen LogP contribution < -0.4 is 0 Å². The Morgan fingerprint density at radius 1 is 1.20 bits per heavy atom. The van der Waals surface area contributed by atoms with Gasteiger partial charge in [-0.25, -0.2) is 9.37 Å². The largest absolute Gasteiger partial charge is 0.248 e. The Hall–Kier alpha value is -1.96. The zero-order chi connectivity index (χ0) is 14.1. The monoisotopic (exact) mass is 267 g/mol. The Morgan fingerprint density at radius 2 is 1.90 bits per heavy atom. The number of aromatic nitrogens is 1. The van der Waals surface area contributed by atoms with Crippen molar-refractivity contribution in [1.29, 1.82) is 0 Å². The fourth-order valence-electron chi connectivity index (χ4n) is 2.41. The fourth-order valence-corrected chi connectivity index (χ4v) is 2.41. The highest BCUT2D eigenvalue weighted by Crippen LogP contribution is 2.44. The smallest absolute Gasteiger partial charge is 0.123 e. The minimum absolute atomic E-state index is 0.212. The Labute approximate surface area is 119 Å². The van der Waals surface area contributed by atoms with Gasteiger partial charge in [-0.2, -0.15) is 0 Å². The van der Waals surface area contributed by atoms with E-state index >= 15 is 0 Å². The lowest BCUT2D eigenvalue weighted by Crippen LogP contribution is -1.96. The maximum absolute atomic E-state index is 13.1. The SMILES string of the molecule is C=C(CC)c1ccc(C2CC2)c(-c2ccc(F)cc2)n1. The van der Waals surface area contributed by atoms with Crippen LogP contribution >= 0.6 is 0 Å². The third-order valence-electron chi connectivity index (χ3n) is 3.85. The molecule has 1 aromatic heterocycles. The van der Waals surface area contributed by atoms with Crippen molar-refractivity contribution in [3.05, 3.63) is 60.1 Å². The predicted molar refractivity (Wildman–Crippen MR) is 80.9 cm³/mol. The van der Waals surface area contributed by atoms with Crippen LogP contribution in [0.4, 0.5) is 4.39 Å². The van der Waals surface area contributed by atoms with Crippen molar-refractivity contribution in [3.63, 3.8) is 0 Å². The number of pyridine rings is 1. The molecule has 1 aliphatic carbocycles. The summed E-state index contributed by atoms with van der Waals surface area (Å²) in [6.45, 7) is 6.14. The van der Waals surface area contributed by atoms with E-state index in [9.17, 15) is 4.39 Å². The Balaban J connectivity index is 2.09. The number of rotatable bonds is 4. The normalized spacial score (nSPS) is 14.3. The average molecular weight is 267 g/mol. The van der Waals surface area contributed by atoms with Crippen LogP contribution in [-0.4, -0.2) is 4.98 Å². The van der Waals surface area contributed by atoms with Crippen LogP contribution in [0.3, 0.4) is 0 Å². The summed E-state index contributed by atoms with van der Waals surface area (Å²) in [6.07, 6.45) is 3.34. The van der Waals surface area contributed by atoms with Crippen molar-refractivity contribution in [2.75, 3.05) is 0 Å². The molecule has 0 N–H and O–H groups in total. The molecule has 0 bridgehead atoms. The van der Waals surface area contributed by atoms with Crippen molar-refractivity contribution in [3.8, 4) is 11.3 Å². The summed E-state index contributed by atoms with van der Waals surface area (Å²) >= 11 is 0. The number of allylic oxidation sites excluding steroid dienone is 1. The molecule has 2 heteroatoms. The van der Waals surface area contributed by atoms with Crippen molar-refractivity contribution >= 4 is 5.57 Å². The molecule has 0 radical (unpaired) electrons. The van der Waals surface area contributed by atoms with Crippen LogP contribution in [0.25, 0.3) is 16.8 Å². The lowest BCUT2D eigenvalue weighted by molar-refractivity contribution is 0.628. The van der Waals surface area contributed by atoms with Crippen LogP contribution in [0.1, 0.15) is 43.4 Å². The van der Waals surface area contributed by atoms with Gasteiger partial charge in [-0.3, -0.25) is 0 Å². The number of hydrogen-bond donors (Lipinski definition) is 0. The Kier molecular flexibility index (Phi) is 3.39. The van der Waals surface area contributed by atoms with Gasteiger partial charge in [0, 0.05) is 5.56 Å². The highest BCUT2D eigenvalue weighted by Gasteiger charge is 2.27. The maximum atomic E-state index is 13.1. The summed E-state index contributed by atoms with van der Waals surface area (Å²) in [5.74, 6) is 0.405. The van der Waals surface area contributed by atoms with E-state index in [-0.39, 0.29) is 5.82 Å². The quantitative estimate of drug-likeness (QED) is 0.743. The van der Waals surface area contributed by atoms with Crippen molar-refractivity contribution in [2.24, 2.45) is 0 Å².